The quantitative estimate of drug-likeness (QED) is 0.766. The highest BCUT2D eigenvalue weighted by Gasteiger charge is 2.34. The van der Waals surface area contributed by atoms with Gasteiger partial charge >= 0.3 is 0 Å². The molecular formula is C16H27N5O3S. The molecule has 2 aliphatic heterocycles. The summed E-state index contributed by atoms with van der Waals surface area (Å²) in [5.41, 5.74) is 0. The number of carbonyl (C=O) groups is 1. The minimum absolute atomic E-state index is 0.0200. The van der Waals surface area contributed by atoms with E-state index >= 15 is 0 Å². The van der Waals surface area contributed by atoms with Crippen LogP contribution in [-0.4, -0.2) is 76.9 Å². The molecular weight excluding hydrogens is 342 g/mol. The van der Waals surface area contributed by atoms with Gasteiger partial charge in [0.25, 0.3) is 10.2 Å². The lowest BCUT2D eigenvalue weighted by Gasteiger charge is -2.27. The molecule has 25 heavy (non-hydrogen) atoms. The van der Waals surface area contributed by atoms with E-state index in [1.807, 2.05) is 13.0 Å². The van der Waals surface area contributed by atoms with E-state index in [4.69, 9.17) is 0 Å². The van der Waals surface area contributed by atoms with Gasteiger partial charge in [-0.2, -0.15) is 22.1 Å². The Kier molecular flexibility index (Phi) is 5.75. The van der Waals surface area contributed by atoms with Gasteiger partial charge in [0.15, 0.2) is 0 Å². The zero-order chi connectivity index (χ0) is 17.9. The third-order valence-corrected chi connectivity index (χ3v) is 7.04. The molecule has 1 atom stereocenters. The highest BCUT2D eigenvalue weighted by atomic mass is 32.2. The zero-order valence-electron chi connectivity index (χ0n) is 14.7. The third kappa shape index (κ3) is 3.88. The van der Waals surface area contributed by atoms with Crippen LogP contribution in [0.2, 0.25) is 0 Å². The molecule has 0 unspecified atom stereocenters. The molecule has 3 rings (SSSR count). The van der Waals surface area contributed by atoms with E-state index in [0.29, 0.717) is 52.1 Å². The van der Waals surface area contributed by atoms with Crippen LogP contribution in [0.4, 0.5) is 0 Å². The standard InChI is InChI=1S/C16H27N5O3S/c1-2-15(21-12-5-7-17-21)16(22)18-8-6-11-20(14-13-18)25(23,24)19-9-3-4-10-19/h5,7,12,15H,2-4,6,8-11,13-14H2,1H3/t15-/m1/s1. The van der Waals surface area contributed by atoms with E-state index in [9.17, 15) is 13.2 Å². The van der Waals surface area contributed by atoms with Gasteiger partial charge in [0, 0.05) is 51.7 Å². The fourth-order valence-corrected chi connectivity index (χ4v) is 5.30. The van der Waals surface area contributed by atoms with Crippen LogP contribution in [-0.2, 0) is 15.0 Å². The van der Waals surface area contributed by atoms with Crippen molar-refractivity contribution in [3.8, 4) is 0 Å². The van der Waals surface area contributed by atoms with Crippen LogP contribution in [0, 0.1) is 0 Å². The van der Waals surface area contributed by atoms with Gasteiger partial charge in [0.05, 0.1) is 0 Å². The first-order valence-electron chi connectivity index (χ1n) is 9.07. The SMILES string of the molecule is CC[C@H](C(=O)N1CCCN(S(=O)(=O)N2CCCC2)CC1)n1cccn1. The molecule has 2 aliphatic rings. The monoisotopic (exact) mass is 369 g/mol. The van der Waals surface area contributed by atoms with Crippen LogP contribution in [0.5, 0.6) is 0 Å². The topological polar surface area (TPSA) is 78.8 Å². The predicted octanol–water partition coefficient (Wildman–Crippen LogP) is 0.709. The second kappa shape index (κ2) is 7.84. The summed E-state index contributed by atoms with van der Waals surface area (Å²) < 4.78 is 30.3. The lowest BCUT2D eigenvalue weighted by molar-refractivity contribution is -0.135. The second-order valence-corrected chi connectivity index (χ2v) is 8.53. The summed E-state index contributed by atoms with van der Waals surface area (Å²) >= 11 is 0. The minimum atomic E-state index is -3.39. The van der Waals surface area contributed by atoms with Crippen molar-refractivity contribution in [1.82, 2.24) is 23.3 Å². The van der Waals surface area contributed by atoms with Gasteiger partial charge in [-0.15, -0.1) is 0 Å². The summed E-state index contributed by atoms with van der Waals surface area (Å²) in [6, 6.07) is 1.49. The van der Waals surface area contributed by atoms with Gasteiger partial charge in [-0.05, 0) is 31.7 Å². The van der Waals surface area contributed by atoms with Crippen molar-refractivity contribution in [3.05, 3.63) is 18.5 Å². The maximum atomic E-state index is 12.9. The number of nitrogens with zero attached hydrogens (tertiary/aromatic N) is 5. The number of amides is 1. The van der Waals surface area contributed by atoms with Crippen LogP contribution in [0.3, 0.4) is 0 Å². The molecule has 0 radical (unpaired) electrons. The van der Waals surface area contributed by atoms with Crippen molar-refractivity contribution in [3.63, 3.8) is 0 Å². The minimum Gasteiger partial charge on any atom is -0.339 e. The molecule has 0 aliphatic carbocycles. The molecule has 1 aromatic heterocycles. The van der Waals surface area contributed by atoms with Crippen LogP contribution < -0.4 is 0 Å². The summed E-state index contributed by atoms with van der Waals surface area (Å²) in [5.74, 6) is 0.0200. The van der Waals surface area contributed by atoms with Gasteiger partial charge in [-0.1, -0.05) is 6.92 Å². The first kappa shape index (κ1) is 18.3. The summed E-state index contributed by atoms with van der Waals surface area (Å²) in [4.78, 5) is 14.7. The largest absolute Gasteiger partial charge is 0.339 e. The number of hydrogen-bond donors (Lipinski definition) is 0. The van der Waals surface area contributed by atoms with Crippen molar-refractivity contribution in [2.24, 2.45) is 0 Å². The molecule has 1 aromatic rings. The van der Waals surface area contributed by atoms with Crippen LogP contribution >= 0.6 is 0 Å². The maximum absolute atomic E-state index is 12.9. The Morgan fingerprint density at radius 3 is 2.36 bits per heavy atom. The second-order valence-electron chi connectivity index (χ2n) is 6.60. The first-order valence-corrected chi connectivity index (χ1v) is 10.5. The average molecular weight is 369 g/mol. The normalized spacial score (nSPS) is 22.0. The highest BCUT2D eigenvalue weighted by Crippen LogP contribution is 2.20. The summed E-state index contributed by atoms with van der Waals surface area (Å²) in [6.45, 7) is 5.04. The Hall–Kier alpha value is -1.45. The smallest absolute Gasteiger partial charge is 0.282 e. The number of hydrogen-bond acceptors (Lipinski definition) is 4. The van der Waals surface area contributed by atoms with Crippen LogP contribution in [0.25, 0.3) is 0 Å². The lowest BCUT2D eigenvalue weighted by Crippen LogP contribution is -2.45. The Balaban J connectivity index is 1.66. The van der Waals surface area contributed by atoms with Crippen molar-refractivity contribution in [2.45, 2.75) is 38.6 Å². The molecule has 2 saturated heterocycles. The van der Waals surface area contributed by atoms with Crippen molar-refractivity contribution < 1.29 is 13.2 Å². The van der Waals surface area contributed by atoms with E-state index in [1.165, 1.54) is 0 Å². The fraction of sp³-hybridized carbons (Fsp3) is 0.750. The molecule has 0 spiro atoms. The summed E-state index contributed by atoms with van der Waals surface area (Å²) in [7, 11) is -3.39. The van der Waals surface area contributed by atoms with Crippen molar-refractivity contribution in [2.75, 3.05) is 39.3 Å². The Labute approximate surface area is 149 Å². The van der Waals surface area contributed by atoms with E-state index in [1.54, 1.807) is 30.6 Å². The first-order chi connectivity index (χ1) is 12.0. The molecule has 8 nitrogen and oxygen atoms in total. The molecule has 9 heteroatoms. The molecule has 0 aromatic carbocycles. The van der Waals surface area contributed by atoms with E-state index in [0.717, 1.165) is 12.8 Å². The Bertz CT molecular complexity index is 670. The summed E-state index contributed by atoms with van der Waals surface area (Å²) in [5, 5.41) is 4.19. The Morgan fingerprint density at radius 2 is 1.72 bits per heavy atom. The molecule has 1 amide bonds. The highest BCUT2D eigenvalue weighted by molar-refractivity contribution is 7.86. The third-order valence-electron chi connectivity index (χ3n) is 5.00. The van der Waals surface area contributed by atoms with Crippen molar-refractivity contribution in [1.29, 1.82) is 0 Å². The van der Waals surface area contributed by atoms with Crippen molar-refractivity contribution >= 4 is 16.1 Å². The maximum Gasteiger partial charge on any atom is 0.282 e. The van der Waals surface area contributed by atoms with Gasteiger partial charge in [-0.25, -0.2) is 0 Å². The molecule has 3 heterocycles. The van der Waals surface area contributed by atoms with Gasteiger partial charge in [0.2, 0.25) is 5.91 Å². The molecule has 0 bridgehead atoms. The van der Waals surface area contributed by atoms with E-state index in [-0.39, 0.29) is 11.9 Å². The predicted molar refractivity (Wildman–Crippen MR) is 94.1 cm³/mol. The molecule has 0 saturated carbocycles. The summed E-state index contributed by atoms with van der Waals surface area (Å²) in [6.07, 6.45) is 6.65. The molecule has 2 fully saturated rings. The van der Waals surface area contributed by atoms with Crippen LogP contribution in [0.15, 0.2) is 18.5 Å². The molecule has 0 N–H and O–H groups in total. The Morgan fingerprint density at radius 1 is 1.04 bits per heavy atom. The van der Waals surface area contributed by atoms with Crippen LogP contribution in [0.1, 0.15) is 38.6 Å². The number of carbonyl (C=O) groups excluding carboxylic acids is 1. The fourth-order valence-electron chi connectivity index (χ4n) is 3.58. The van der Waals surface area contributed by atoms with E-state index in [2.05, 4.69) is 5.10 Å². The van der Waals surface area contributed by atoms with Gasteiger partial charge in [-0.3, -0.25) is 9.48 Å². The molecule has 140 valence electrons. The van der Waals surface area contributed by atoms with E-state index < -0.39 is 10.2 Å². The number of aromatic nitrogens is 2. The van der Waals surface area contributed by atoms with Gasteiger partial charge in [0.1, 0.15) is 6.04 Å². The lowest BCUT2D eigenvalue weighted by atomic mass is 10.2. The average Bonchev–Trinajstić information content (AvgIpc) is 3.26. The van der Waals surface area contributed by atoms with Gasteiger partial charge < -0.3 is 4.90 Å². The number of rotatable bonds is 5. The zero-order valence-corrected chi connectivity index (χ0v) is 15.6.